The number of nitrogens with two attached hydrogens (primary N) is 1. The second kappa shape index (κ2) is 8.90. The van der Waals surface area contributed by atoms with Gasteiger partial charge in [0.05, 0.1) is 25.5 Å². The van der Waals surface area contributed by atoms with Crippen molar-refractivity contribution in [3.63, 3.8) is 0 Å². The third-order valence-electron chi connectivity index (χ3n) is 5.82. The number of nitrogens with one attached hydrogen (secondary N) is 1. The molecule has 0 unspecified atom stereocenters. The molecule has 12 heteroatoms. The molecule has 0 radical (unpaired) electrons. The Hall–Kier alpha value is -3.93. The predicted octanol–water partition coefficient (Wildman–Crippen LogP) is 1.18. The molecule has 0 bridgehead atoms. The Morgan fingerprint density at radius 3 is 2.88 bits per heavy atom. The van der Waals surface area contributed by atoms with Crippen LogP contribution in [-0.4, -0.2) is 65.4 Å². The van der Waals surface area contributed by atoms with E-state index in [1.54, 1.807) is 30.4 Å². The Kier molecular flexibility index (Phi) is 5.65. The summed E-state index contributed by atoms with van der Waals surface area (Å²) in [4.78, 5) is 24.9. The lowest BCUT2D eigenvalue weighted by atomic mass is 10.1. The van der Waals surface area contributed by atoms with Gasteiger partial charge < -0.3 is 15.8 Å². The van der Waals surface area contributed by atoms with Crippen LogP contribution in [0.3, 0.4) is 0 Å². The first-order valence-electron chi connectivity index (χ1n) is 10.7. The molecule has 0 aliphatic heterocycles. The Bertz CT molecular complexity index is 1270. The number of anilines is 1. The average Bonchev–Trinajstić information content (AvgIpc) is 3.57. The standard InChI is InChI=1S/C21H24N10O2/c1-33-7-6-30-12-15(10-25-30)14-3-5-18(23-9-14)31-20-17(28-29-31)11-24-21(27-20)26-16-4-2-13(8-16)19(22)32/h3,5,9-13,16H,2,4,6-8H2,1H3,(H2,22,32)(H,24,26,27)/t13-,16-/m1/s1. The van der Waals surface area contributed by atoms with Crippen LogP contribution >= 0.6 is 0 Å². The average molecular weight is 448 g/mol. The lowest BCUT2D eigenvalue weighted by Gasteiger charge is -2.12. The molecule has 0 saturated heterocycles. The maximum Gasteiger partial charge on any atom is 0.225 e. The molecule has 4 heterocycles. The van der Waals surface area contributed by atoms with E-state index in [-0.39, 0.29) is 17.9 Å². The van der Waals surface area contributed by atoms with Gasteiger partial charge in [0.1, 0.15) is 0 Å². The van der Waals surface area contributed by atoms with Crippen molar-refractivity contribution in [1.82, 2.24) is 39.7 Å². The minimum atomic E-state index is -0.255. The molecular weight excluding hydrogens is 424 g/mol. The van der Waals surface area contributed by atoms with Crippen LogP contribution in [-0.2, 0) is 16.1 Å². The third kappa shape index (κ3) is 4.37. The molecule has 1 saturated carbocycles. The summed E-state index contributed by atoms with van der Waals surface area (Å²) < 4.78 is 8.50. The number of aromatic nitrogens is 8. The summed E-state index contributed by atoms with van der Waals surface area (Å²) in [5.41, 5.74) is 8.44. The normalized spacial score (nSPS) is 18.1. The maximum atomic E-state index is 11.4. The van der Waals surface area contributed by atoms with E-state index in [1.807, 2.05) is 23.0 Å². The number of nitrogens with zero attached hydrogens (tertiary/aromatic N) is 8. The number of hydrogen-bond acceptors (Lipinski definition) is 9. The third-order valence-corrected chi connectivity index (χ3v) is 5.82. The molecule has 2 atom stereocenters. The fraction of sp³-hybridized carbons (Fsp3) is 0.381. The summed E-state index contributed by atoms with van der Waals surface area (Å²) in [6.07, 6.45) is 9.44. The van der Waals surface area contributed by atoms with Crippen LogP contribution in [0.2, 0.25) is 0 Å². The zero-order valence-electron chi connectivity index (χ0n) is 18.1. The molecule has 170 valence electrons. The summed E-state index contributed by atoms with van der Waals surface area (Å²) in [5, 5.41) is 16.0. The number of carbonyl (C=O) groups excluding carboxylic acids is 1. The van der Waals surface area contributed by atoms with Crippen molar-refractivity contribution in [2.24, 2.45) is 11.7 Å². The molecule has 1 amide bonds. The van der Waals surface area contributed by atoms with Crippen molar-refractivity contribution in [3.05, 3.63) is 36.9 Å². The van der Waals surface area contributed by atoms with Crippen molar-refractivity contribution in [1.29, 1.82) is 0 Å². The van der Waals surface area contributed by atoms with Crippen molar-refractivity contribution in [3.8, 4) is 16.9 Å². The Morgan fingerprint density at radius 2 is 2.12 bits per heavy atom. The molecule has 12 nitrogen and oxygen atoms in total. The van der Waals surface area contributed by atoms with Gasteiger partial charge in [-0.15, -0.1) is 5.10 Å². The Labute approximate surface area is 189 Å². The van der Waals surface area contributed by atoms with Crippen LogP contribution in [0.25, 0.3) is 28.1 Å². The van der Waals surface area contributed by atoms with Crippen molar-refractivity contribution >= 4 is 23.0 Å². The molecule has 0 aromatic carbocycles. The van der Waals surface area contributed by atoms with E-state index in [2.05, 4.69) is 35.7 Å². The zero-order chi connectivity index (χ0) is 22.8. The van der Waals surface area contributed by atoms with Gasteiger partial charge in [-0.25, -0.2) is 9.97 Å². The number of hydrogen-bond donors (Lipinski definition) is 2. The molecule has 1 aliphatic rings. The predicted molar refractivity (Wildman–Crippen MR) is 119 cm³/mol. The monoisotopic (exact) mass is 448 g/mol. The summed E-state index contributed by atoms with van der Waals surface area (Å²) in [6, 6.07) is 3.92. The van der Waals surface area contributed by atoms with E-state index in [0.717, 1.165) is 24.0 Å². The minimum absolute atomic E-state index is 0.103. The quantitative estimate of drug-likeness (QED) is 0.405. The highest BCUT2D eigenvalue weighted by Crippen LogP contribution is 2.27. The Morgan fingerprint density at radius 1 is 1.21 bits per heavy atom. The number of pyridine rings is 1. The van der Waals surface area contributed by atoms with E-state index in [4.69, 9.17) is 10.5 Å². The smallest absolute Gasteiger partial charge is 0.225 e. The van der Waals surface area contributed by atoms with Gasteiger partial charge >= 0.3 is 0 Å². The number of carbonyl (C=O) groups is 1. The summed E-state index contributed by atoms with van der Waals surface area (Å²) >= 11 is 0. The number of ether oxygens (including phenoxy) is 1. The number of primary amides is 1. The van der Waals surface area contributed by atoms with Crippen molar-refractivity contribution < 1.29 is 9.53 Å². The van der Waals surface area contributed by atoms with E-state index in [1.165, 1.54) is 0 Å². The van der Waals surface area contributed by atoms with Gasteiger partial charge in [-0.2, -0.15) is 14.8 Å². The zero-order valence-corrected chi connectivity index (χ0v) is 18.1. The van der Waals surface area contributed by atoms with Gasteiger partial charge in [0, 0.05) is 42.6 Å². The van der Waals surface area contributed by atoms with Crippen molar-refractivity contribution in [2.75, 3.05) is 19.0 Å². The van der Waals surface area contributed by atoms with Gasteiger partial charge in [-0.05, 0) is 31.4 Å². The van der Waals surface area contributed by atoms with E-state index in [0.29, 0.717) is 42.5 Å². The fourth-order valence-corrected chi connectivity index (χ4v) is 4.01. The molecule has 4 aromatic heterocycles. The molecular formula is C21H24N10O2. The lowest BCUT2D eigenvalue weighted by Crippen LogP contribution is -2.23. The van der Waals surface area contributed by atoms with Gasteiger partial charge in [0.25, 0.3) is 0 Å². The Balaban J connectivity index is 1.34. The minimum Gasteiger partial charge on any atom is -0.383 e. The first kappa shape index (κ1) is 20.9. The van der Waals surface area contributed by atoms with Gasteiger partial charge in [-0.1, -0.05) is 5.21 Å². The summed E-state index contributed by atoms with van der Waals surface area (Å²) in [5.74, 6) is 0.691. The highest BCUT2D eigenvalue weighted by Gasteiger charge is 2.29. The summed E-state index contributed by atoms with van der Waals surface area (Å²) in [7, 11) is 1.67. The molecule has 1 fully saturated rings. The first-order chi connectivity index (χ1) is 16.1. The summed E-state index contributed by atoms with van der Waals surface area (Å²) in [6.45, 7) is 1.29. The molecule has 5 rings (SSSR count). The van der Waals surface area contributed by atoms with Crippen LogP contribution in [0.5, 0.6) is 0 Å². The van der Waals surface area contributed by atoms with E-state index in [9.17, 15) is 4.79 Å². The highest BCUT2D eigenvalue weighted by molar-refractivity contribution is 5.77. The van der Waals surface area contributed by atoms with Crippen LogP contribution in [0.15, 0.2) is 36.9 Å². The molecule has 3 N–H and O–H groups in total. The van der Waals surface area contributed by atoms with Gasteiger partial charge in [0.2, 0.25) is 11.9 Å². The van der Waals surface area contributed by atoms with E-state index < -0.39 is 0 Å². The molecule has 4 aromatic rings. The van der Waals surface area contributed by atoms with Crippen LogP contribution in [0.1, 0.15) is 19.3 Å². The topological polar surface area (TPSA) is 152 Å². The highest BCUT2D eigenvalue weighted by atomic mass is 16.5. The largest absolute Gasteiger partial charge is 0.383 e. The molecule has 0 spiro atoms. The second-order valence-electron chi connectivity index (χ2n) is 8.05. The van der Waals surface area contributed by atoms with Crippen LogP contribution < -0.4 is 11.1 Å². The molecule has 1 aliphatic carbocycles. The second-order valence-corrected chi connectivity index (χ2v) is 8.05. The van der Waals surface area contributed by atoms with E-state index >= 15 is 0 Å². The fourth-order valence-electron chi connectivity index (χ4n) is 4.01. The number of rotatable bonds is 8. The lowest BCUT2D eigenvalue weighted by molar-refractivity contribution is -0.121. The van der Waals surface area contributed by atoms with Crippen molar-refractivity contribution in [2.45, 2.75) is 31.8 Å². The van der Waals surface area contributed by atoms with Crippen LogP contribution in [0, 0.1) is 5.92 Å². The van der Waals surface area contributed by atoms with Gasteiger partial charge in [0.15, 0.2) is 17.0 Å². The SMILES string of the molecule is COCCn1cc(-c2ccc(-n3nnc4cnc(N[C@@H]5CC[C@@H](C(N)=O)C5)nc43)nc2)cn1. The maximum absolute atomic E-state index is 11.4. The van der Waals surface area contributed by atoms with Crippen LogP contribution in [0.4, 0.5) is 5.95 Å². The van der Waals surface area contributed by atoms with Gasteiger partial charge in [-0.3, -0.25) is 9.48 Å². The number of amides is 1. The first-order valence-corrected chi connectivity index (χ1v) is 10.7. The number of fused-ring (bicyclic) bond motifs is 1. The molecule has 33 heavy (non-hydrogen) atoms. The number of methoxy groups -OCH3 is 1.